The Labute approximate surface area is 153 Å². The zero-order valence-corrected chi connectivity index (χ0v) is 14.7. The smallest absolute Gasteiger partial charge is 0.374 e. The monoisotopic (exact) mass is 456 g/mol. The molecule has 0 spiro atoms. The van der Waals surface area contributed by atoms with E-state index in [1.54, 1.807) is 0 Å². The van der Waals surface area contributed by atoms with E-state index in [0.717, 1.165) is 0 Å². The van der Waals surface area contributed by atoms with Crippen molar-refractivity contribution in [2.75, 3.05) is 13.2 Å². The maximum Gasteiger partial charge on any atom is 0.426 e. The molecular weight excluding hydrogens is 440 g/mol. The zero-order chi connectivity index (χ0) is 22.8. The second-order valence-corrected chi connectivity index (χ2v) is 7.17. The van der Waals surface area contributed by atoms with Crippen LogP contribution in [0.4, 0.5) is 35.1 Å². The first-order valence-electron chi connectivity index (χ1n) is 6.95. The molecule has 0 fully saturated rings. The molecule has 7 nitrogen and oxygen atoms in total. The predicted molar refractivity (Wildman–Crippen MR) is 74.7 cm³/mol. The lowest BCUT2D eigenvalue weighted by atomic mass is 9.95. The van der Waals surface area contributed by atoms with Crippen molar-refractivity contribution >= 4 is 10.1 Å². The standard InChI is InChI=1S/C12H16F8O7S/c1-6(4-26-5-10(13,14)28(23,24)25)8(21)27-7(2)3-9(22,11(15,16)17)12(18,19)20/h7-8,21-22H,1,3-5H2,2H3,(H,23,24,25). The number of halogens is 8. The molecule has 0 heterocycles. The van der Waals surface area contributed by atoms with Gasteiger partial charge < -0.3 is 19.7 Å². The van der Waals surface area contributed by atoms with E-state index in [1.807, 2.05) is 0 Å². The summed E-state index contributed by atoms with van der Waals surface area (Å²) < 4.78 is 139. The van der Waals surface area contributed by atoms with Crippen molar-refractivity contribution in [3.8, 4) is 0 Å². The summed E-state index contributed by atoms with van der Waals surface area (Å²) in [6.07, 6.45) is -18.7. The van der Waals surface area contributed by atoms with Gasteiger partial charge in [-0.25, -0.2) is 0 Å². The Bertz CT molecular complexity index is 629. The van der Waals surface area contributed by atoms with Crippen molar-refractivity contribution in [2.45, 2.75) is 48.9 Å². The van der Waals surface area contributed by atoms with Crippen molar-refractivity contribution in [3.05, 3.63) is 12.2 Å². The van der Waals surface area contributed by atoms with Crippen molar-refractivity contribution < 1.29 is 67.8 Å². The first kappa shape index (κ1) is 26.9. The van der Waals surface area contributed by atoms with E-state index in [2.05, 4.69) is 16.1 Å². The molecule has 0 rings (SSSR count). The van der Waals surface area contributed by atoms with Gasteiger partial charge in [0.1, 0.15) is 6.61 Å². The lowest BCUT2D eigenvalue weighted by Gasteiger charge is -2.34. The molecule has 0 aromatic rings. The Morgan fingerprint density at radius 3 is 1.86 bits per heavy atom. The molecule has 28 heavy (non-hydrogen) atoms. The quantitative estimate of drug-likeness (QED) is 0.200. The maximum absolute atomic E-state index is 12.9. The molecule has 3 N–H and O–H groups in total. The summed E-state index contributed by atoms with van der Waals surface area (Å²) in [6, 6.07) is 0. The summed E-state index contributed by atoms with van der Waals surface area (Å²) in [7, 11) is -5.81. The van der Waals surface area contributed by atoms with Crippen molar-refractivity contribution in [2.24, 2.45) is 0 Å². The van der Waals surface area contributed by atoms with E-state index < -0.39 is 70.9 Å². The number of alkyl halides is 8. The van der Waals surface area contributed by atoms with E-state index in [0.29, 0.717) is 6.92 Å². The molecule has 0 aliphatic rings. The first-order valence-corrected chi connectivity index (χ1v) is 8.39. The summed E-state index contributed by atoms with van der Waals surface area (Å²) >= 11 is 0. The summed E-state index contributed by atoms with van der Waals surface area (Å²) in [5.41, 5.74) is -5.82. The van der Waals surface area contributed by atoms with E-state index in [4.69, 9.17) is 9.66 Å². The topological polar surface area (TPSA) is 113 Å². The highest BCUT2D eigenvalue weighted by atomic mass is 32.2. The Balaban J connectivity index is 4.85. The average molecular weight is 456 g/mol. The lowest BCUT2D eigenvalue weighted by Crippen LogP contribution is -2.58. The van der Waals surface area contributed by atoms with Gasteiger partial charge in [0, 0.05) is 12.0 Å². The second kappa shape index (κ2) is 8.74. The van der Waals surface area contributed by atoms with Crippen LogP contribution in [0, 0.1) is 0 Å². The van der Waals surface area contributed by atoms with Crippen LogP contribution in [0.25, 0.3) is 0 Å². The molecule has 0 aromatic heterocycles. The lowest BCUT2D eigenvalue weighted by molar-refractivity contribution is -0.375. The van der Waals surface area contributed by atoms with Gasteiger partial charge in [0.25, 0.3) is 5.60 Å². The number of ether oxygens (including phenoxy) is 2. The Morgan fingerprint density at radius 2 is 1.50 bits per heavy atom. The first-order chi connectivity index (χ1) is 12.2. The molecule has 16 heteroatoms. The highest BCUT2D eigenvalue weighted by Gasteiger charge is 2.70. The van der Waals surface area contributed by atoms with Crippen LogP contribution in [-0.4, -0.2) is 72.0 Å². The Kier molecular flexibility index (Phi) is 8.41. The second-order valence-electron chi connectivity index (χ2n) is 5.62. The molecule has 2 unspecified atom stereocenters. The Hall–Kier alpha value is -1.07. The van der Waals surface area contributed by atoms with Gasteiger partial charge in [-0.05, 0) is 6.92 Å². The Morgan fingerprint density at radius 1 is 1.07 bits per heavy atom. The largest absolute Gasteiger partial charge is 0.426 e. The number of hydrogen-bond acceptors (Lipinski definition) is 6. The van der Waals surface area contributed by atoms with Crippen molar-refractivity contribution in [1.29, 1.82) is 0 Å². The van der Waals surface area contributed by atoms with Crippen LogP contribution >= 0.6 is 0 Å². The maximum atomic E-state index is 12.9. The number of rotatable bonds is 10. The third-order valence-electron chi connectivity index (χ3n) is 3.17. The molecule has 2 atom stereocenters. The minimum absolute atomic E-state index is 0.645. The molecule has 0 aromatic carbocycles. The minimum atomic E-state index is -6.12. The SMILES string of the molecule is C=C(COCC(F)(F)S(=O)(=O)O)C(O)OC(C)CC(O)(C(F)(F)F)C(F)(F)F. The molecule has 0 amide bonds. The molecule has 0 aliphatic carbocycles. The van der Waals surface area contributed by atoms with Gasteiger partial charge in [-0.3, -0.25) is 4.55 Å². The van der Waals surface area contributed by atoms with Crippen molar-refractivity contribution in [3.63, 3.8) is 0 Å². The van der Waals surface area contributed by atoms with Crippen LogP contribution in [0.3, 0.4) is 0 Å². The third-order valence-corrected chi connectivity index (χ3v) is 4.04. The van der Waals surface area contributed by atoms with E-state index in [1.165, 1.54) is 0 Å². The van der Waals surface area contributed by atoms with Gasteiger partial charge in [0.2, 0.25) is 0 Å². The van der Waals surface area contributed by atoms with E-state index in [-0.39, 0.29) is 0 Å². The molecule has 0 radical (unpaired) electrons. The summed E-state index contributed by atoms with van der Waals surface area (Å²) in [5.74, 6) is 0. The fourth-order valence-corrected chi connectivity index (χ4v) is 1.85. The summed E-state index contributed by atoms with van der Waals surface area (Å²) in [6.45, 7) is 0.717. The molecule has 0 saturated heterocycles. The fraction of sp³-hybridized carbons (Fsp3) is 0.833. The zero-order valence-electron chi connectivity index (χ0n) is 13.9. The molecule has 0 bridgehead atoms. The number of aliphatic hydroxyl groups excluding tert-OH is 1. The van der Waals surface area contributed by atoms with Gasteiger partial charge in [0.05, 0.1) is 12.7 Å². The number of hydrogen-bond donors (Lipinski definition) is 3. The molecular formula is C12H16F8O7S. The summed E-state index contributed by atoms with van der Waals surface area (Å²) in [4.78, 5) is 0. The van der Waals surface area contributed by atoms with Crippen LogP contribution in [0.15, 0.2) is 12.2 Å². The summed E-state index contributed by atoms with van der Waals surface area (Å²) in [5, 5.41) is 13.7. The highest BCUT2D eigenvalue weighted by Crippen LogP contribution is 2.46. The highest BCUT2D eigenvalue weighted by molar-refractivity contribution is 7.86. The van der Waals surface area contributed by atoms with Gasteiger partial charge in [-0.1, -0.05) is 6.58 Å². The van der Waals surface area contributed by atoms with Gasteiger partial charge in [-0.2, -0.15) is 43.5 Å². The number of aliphatic hydroxyl groups is 2. The van der Waals surface area contributed by atoms with Gasteiger partial charge >= 0.3 is 27.7 Å². The van der Waals surface area contributed by atoms with Crippen LogP contribution in [0.2, 0.25) is 0 Å². The minimum Gasteiger partial charge on any atom is -0.374 e. The van der Waals surface area contributed by atoms with Gasteiger partial charge in [0.15, 0.2) is 6.29 Å². The fourth-order valence-electron chi connectivity index (χ4n) is 1.62. The van der Waals surface area contributed by atoms with Crippen LogP contribution in [0.1, 0.15) is 13.3 Å². The van der Waals surface area contributed by atoms with Crippen LogP contribution < -0.4 is 0 Å². The van der Waals surface area contributed by atoms with E-state index >= 15 is 0 Å². The third kappa shape index (κ3) is 6.77. The van der Waals surface area contributed by atoms with Crippen LogP contribution in [0.5, 0.6) is 0 Å². The molecule has 168 valence electrons. The predicted octanol–water partition coefficient (Wildman–Crippen LogP) is 2.01. The average Bonchev–Trinajstić information content (AvgIpc) is 2.42. The van der Waals surface area contributed by atoms with Crippen LogP contribution in [-0.2, 0) is 19.6 Å². The van der Waals surface area contributed by atoms with Gasteiger partial charge in [-0.15, -0.1) is 0 Å². The molecule has 0 aliphatic heterocycles. The van der Waals surface area contributed by atoms with Crippen molar-refractivity contribution in [1.82, 2.24) is 0 Å². The normalized spacial score (nSPS) is 16.7. The van der Waals surface area contributed by atoms with E-state index in [9.17, 15) is 48.6 Å². The molecule has 0 saturated carbocycles.